The van der Waals surface area contributed by atoms with Crippen LogP contribution in [0.15, 0.2) is 24.3 Å². The molecule has 0 aliphatic heterocycles. The lowest BCUT2D eigenvalue weighted by Gasteiger charge is -2.21. The van der Waals surface area contributed by atoms with Crippen LogP contribution in [0.1, 0.15) is 31.9 Å². The molecule has 0 bridgehead atoms. The van der Waals surface area contributed by atoms with E-state index in [0.29, 0.717) is 5.75 Å². The Morgan fingerprint density at radius 1 is 1.17 bits per heavy atom. The molecule has 65 valence electrons. The normalized spacial score (nSPS) is 11.7. The molecule has 0 N–H and O–H groups in total. The maximum Gasteiger partial charge on any atom is 0.0291 e. The molecule has 0 aromatic heterocycles. The van der Waals surface area contributed by atoms with Gasteiger partial charge in [0.2, 0.25) is 0 Å². The van der Waals surface area contributed by atoms with Crippen molar-refractivity contribution < 1.29 is 0 Å². The van der Waals surface area contributed by atoms with Gasteiger partial charge in [0, 0.05) is 5.75 Å². The molecule has 0 aliphatic carbocycles. The molecule has 0 unspecified atom stereocenters. The van der Waals surface area contributed by atoms with Crippen LogP contribution in [-0.4, -0.2) is 0 Å². The second-order valence-corrected chi connectivity index (χ2v) is 4.34. The largest absolute Gasteiger partial charge is 0.0890 e. The van der Waals surface area contributed by atoms with E-state index in [0.717, 1.165) is 0 Å². The van der Waals surface area contributed by atoms with Crippen LogP contribution >= 0.6 is 12.6 Å². The highest BCUT2D eigenvalue weighted by Gasteiger charge is 2.15. The van der Waals surface area contributed by atoms with Gasteiger partial charge >= 0.3 is 0 Å². The van der Waals surface area contributed by atoms with Gasteiger partial charge in [-0.25, -0.2) is 0 Å². The standard InChI is InChI=1S/C11H15S/c1-11(2,3)10-7-5-4-6-9(10)8-12/h4-7H,8H2,1-3H3. The highest BCUT2D eigenvalue weighted by atomic mass is 32.1. The van der Waals surface area contributed by atoms with E-state index >= 15 is 0 Å². The van der Waals surface area contributed by atoms with Crippen molar-refractivity contribution in [1.82, 2.24) is 0 Å². The smallest absolute Gasteiger partial charge is 0.0291 e. The summed E-state index contributed by atoms with van der Waals surface area (Å²) < 4.78 is 0. The first-order valence-corrected chi connectivity index (χ1v) is 4.80. The zero-order chi connectivity index (χ0) is 9.19. The van der Waals surface area contributed by atoms with E-state index in [4.69, 9.17) is 12.6 Å². The summed E-state index contributed by atoms with van der Waals surface area (Å²) in [6.07, 6.45) is 0. The van der Waals surface area contributed by atoms with Crippen LogP contribution in [0.4, 0.5) is 0 Å². The second kappa shape index (κ2) is 3.53. The minimum atomic E-state index is 0.218. The second-order valence-electron chi connectivity index (χ2n) is 4.05. The summed E-state index contributed by atoms with van der Waals surface area (Å²) in [6, 6.07) is 8.42. The summed E-state index contributed by atoms with van der Waals surface area (Å²) in [7, 11) is 0. The van der Waals surface area contributed by atoms with Gasteiger partial charge in [-0.3, -0.25) is 0 Å². The molecule has 1 heteroatoms. The molecule has 0 atom stereocenters. The fourth-order valence-electron chi connectivity index (χ4n) is 1.38. The number of benzene rings is 1. The van der Waals surface area contributed by atoms with E-state index < -0.39 is 0 Å². The minimum absolute atomic E-state index is 0.218. The van der Waals surface area contributed by atoms with Gasteiger partial charge in [0.1, 0.15) is 0 Å². The Hall–Kier alpha value is -0.430. The van der Waals surface area contributed by atoms with Crippen LogP contribution in [0.25, 0.3) is 0 Å². The third-order valence-electron chi connectivity index (χ3n) is 1.98. The molecule has 0 saturated carbocycles. The summed E-state index contributed by atoms with van der Waals surface area (Å²) in [5.41, 5.74) is 2.88. The summed E-state index contributed by atoms with van der Waals surface area (Å²) >= 11 is 5.07. The van der Waals surface area contributed by atoms with Gasteiger partial charge in [-0.2, -0.15) is 0 Å². The zero-order valence-electron chi connectivity index (χ0n) is 7.92. The Morgan fingerprint density at radius 2 is 1.75 bits per heavy atom. The van der Waals surface area contributed by atoms with Crippen molar-refractivity contribution >= 4 is 12.6 Å². The Labute approximate surface area is 80.4 Å². The van der Waals surface area contributed by atoms with Crippen LogP contribution in [0, 0.1) is 0 Å². The molecule has 0 amide bonds. The lowest BCUT2D eigenvalue weighted by molar-refractivity contribution is 0.585. The lowest BCUT2D eigenvalue weighted by Crippen LogP contribution is -2.13. The minimum Gasteiger partial charge on any atom is -0.0890 e. The first-order chi connectivity index (χ1) is 5.55. The van der Waals surface area contributed by atoms with Crippen molar-refractivity contribution in [3.05, 3.63) is 35.4 Å². The number of hydrogen-bond donors (Lipinski definition) is 0. The third-order valence-corrected chi connectivity index (χ3v) is 2.29. The van der Waals surface area contributed by atoms with E-state index in [2.05, 4.69) is 45.0 Å². The van der Waals surface area contributed by atoms with Crippen molar-refractivity contribution in [2.24, 2.45) is 0 Å². The molecular formula is C11H15S. The van der Waals surface area contributed by atoms with Crippen molar-refractivity contribution in [3.63, 3.8) is 0 Å². The van der Waals surface area contributed by atoms with Gasteiger partial charge in [0.25, 0.3) is 0 Å². The average Bonchev–Trinajstić information content (AvgIpc) is 2.03. The number of rotatable bonds is 1. The third kappa shape index (κ3) is 2.04. The van der Waals surface area contributed by atoms with Crippen LogP contribution in [-0.2, 0) is 11.2 Å². The van der Waals surface area contributed by atoms with Gasteiger partial charge in [-0.1, -0.05) is 57.7 Å². The Kier molecular flexibility index (Phi) is 2.84. The molecule has 1 aromatic carbocycles. The van der Waals surface area contributed by atoms with Gasteiger partial charge in [0.05, 0.1) is 0 Å². The molecule has 0 heterocycles. The SMILES string of the molecule is CC(C)(C)c1ccccc1C[S]. The molecule has 0 fully saturated rings. The van der Waals surface area contributed by atoms with E-state index in [-0.39, 0.29) is 5.41 Å². The predicted molar refractivity (Wildman–Crippen MR) is 56.4 cm³/mol. The van der Waals surface area contributed by atoms with Gasteiger partial charge in [0.15, 0.2) is 0 Å². The van der Waals surface area contributed by atoms with Crippen molar-refractivity contribution in [2.45, 2.75) is 31.9 Å². The molecule has 0 aliphatic rings. The van der Waals surface area contributed by atoms with E-state index in [1.54, 1.807) is 0 Å². The molecule has 1 rings (SSSR count). The van der Waals surface area contributed by atoms with E-state index in [1.165, 1.54) is 11.1 Å². The topological polar surface area (TPSA) is 0 Å². The van der Waals surface area contributed by atoms with Crippen LogP contribution in [0.5, 0.6) is 0 Å². The van der Waals surface area contributed by atoms with Crippen LogP contribution in [0.2, 0.25) is 0 Å². The Bertz CT molecular complexity index is 258. The maximum absolute atomic E-state index is 5.07. The van der Waals surface area contributed by atoms with Gasteiger partial charge < -0.3 is 0 Å². The fourth-order valence-corrected chi connectivity index (χ4v) is 1.63. The molecule has 12 heavy (non-hydrogen) atoms. The van der Waals surface area contributed by atoms with Crippen LogP contribution in [0.3, 0.4) is 0 Å². The van der Waals surface area contributed by atoms with Crippen LogP contribution < -0.4 is 0 Å². The lowest BCUT2D eigenvalue weighted by atomic mass is 9.84. The summed E-state index contributed by atoms with van der Waals surface area (Å²) in [6.45, 7) is 6.66. The molecule has 0 spiro atoms. The van der Waals surface area contributed by atoms with Gasteiger partial charge in [-0.05, 0) is 16.5 Å². The first-order valence-electron chi connectivity index (χ1n) is 4.22. The molecular weight excluding hydrogens is 164 g/mol. The van der Waals surface area contributed by atoms with Crippen molar-refractivity contribution in [2.75, 3.05) is 0 Å². The Balaban J connectivity index is 3.14. The van der Waals surface area contributed by atoms with E-state index in [9.17, 15) is 0 Å². The average molecular weight is 179 g/mol. The summed E-state index contributed by atoms with van der Waals surface area (Å²) in [4.78, 5) is 0. The highest BCUT2D eigenvalue weighted by Crippen LogP contribution is 2.26. The summed E-state index contributed by atoms with van der Waals surface area (Å²) in [5, 5.41) is 0. The zero-order valence-corrected chi connectivity index (χ0v) is 8.74. The van der Waals surface area contributed by atoms with Gasteiger partial charge in [-0.15, -0.1) is 0 Å². The number of hydrogen-bond acceptors (Lipinski definition) is 0. The Morgan fingerprint density at radius 3 is 2.17 bits per heavy atom. The monoisotopic (exact) mass is 179 g/mol. The van der Waals surface area contributed by atoms with Crippen molar-refractivity contribution in [3.8, 4) is 0 Å². The summed E-state index contributed by atoms with van der Waals surface area (Å²) in [5.74, 6) is 0.716. The van der Waals surface area contributed by atoms with E-state index in [1.807, 2.05) is 0 Å². The first kappa shape index (κ1) is 9.66. The maximum atomic E-state index is 5.07. The molecule has 0 nitrogen and oxygen atoms in total. The molecule has 0 saturated heterocycles. The molecule has 1 aromatic rings. The highest BCUT2D eigenvalue weighted by molar-refractivity contribution is 7.79. The molecule has 1 radical (unpaired) electrons. The fraction of sp³-hybridized carbons (Fsp3) is 0.455. The van der Waals surface area contributed by atoms with Crippen molar-refractivity contribution in [1.29, 1.82) is 0 Å². The predicted octanol–water partition coefficient (Wildman–Crippen LogP) is 3.68. The quantitative estimate of drug-likeness (QED) is 0.617.